The van der Waals surface area contributed by atoms with E-state index in [4.69, 9.17) is 10.8 Å². The van der Waals surface area contributed by atoms with Gasteiger partial charge in [-0.2, -0.15) is 23.5 Å². The predicted molar refractivity (Wildman–Crippen MR) is 198 cm³/mol. The second-order valence-corrected chi connectivity index (χ2v) is 14.7. The molecule has 0 aromatic heterocycles. The standard InChI is InChI=1S/C32H55N7O12S2/c1-8-16(4)25(39-26(44)17(5)34-30(48)24(15(2)3)38-27(45)18(33)13-22(40)41)31(49)37-21(14-23(42)43)29(47)35-19(9-11-52-6)28(46)36-20(32(50)51)10-12-53-7/h15-21,24-25H,8-14,33H2,1-7H3,(H,34,48)(H,35,47)(H,36,46)(H,37,49)(H,38,45)(H,39,44)(H,40,41)(H,42,43)(H,50,51)/t16-,17-,18-,19-,20-,21-,24-,25-/m0/s1. The molecule has 0 saturated carbocycles. The quantitative estimate of drug-likeness (QED) is 0.0476. The Morgan fingerprint density at radius 3 is 1.49 bits per heavy atom. The van der Waals surface area contributed by atoms with Gasteiger partial charge in [-0.3, -0.25) is 38.4 Å². The number of hydrogen-bond acceptors (Lipinski definition) is 12. The van der Waals surface area contributed by atoms with Crippen molar-refractivity contribution in [3.8, 4) is 0 Å². The van der Waals surface area contributed by atoms with Crippen LogP contribution < -0.4 is 37.6 Å². The average Bonchev–Trinajstić information content (AvgIpc) is 3.07. The zero-order valence-corrected chi connectivity index (χ0v) is 32.7. The molecule has 0 spiro atoms. The molecule has 302 valence electrons. The predicted octanol–water partition coefficient (Wildman–Crippen LogP) is -1.52. The number of carbonyl (C=O) groups is 9. The van der Waals surface area contributed by atoms with E-state index in [0.717, 1.165) is 0 Å². The molecule has 0 aromatic carbocycles. The molecule has 0 aliphatic rings. The minimum Gasteiger partial charge on any atom is -0.481 e. The van der Waals surface area contributed by atoms with Crippen LogP contribution in [0.15, 0.2) is 0 Å². The Kier molecular flexibility index (Phi) is 23.1. The Morgan fingerprint density at radius 1 is 0.566 bits per heavy atom. The van der Waals surface area contributed by atoms with Gasteiger partial charge in [-0.05, 0) is 55.6 Å². The number of carbonyl (C=O) groups excluding carboxylic acids is 6. The van der Waals surface area contributed by atoms with Gasteiger partial charge in [-0.15, -0.1) is 0 Å². The summed E-state index contributed by atoms with van der Waals surface area (Å²) < 4.78 is 0. The van der Waals surface area contributed by atoms with Gasteiger partial charge in [0.15, 0.2) is 0 Å². The minimum absolute atomic E-state index is 0.0625. The molecule has 0 rings (SSSR count). The number of thioether (sulfide) groups is 2. The summed E-state index contributed by atoms with van der Waals surface area (Å²) >= 11 is 2.73. The van der Waals surface area contributed by atoms with Crippen LogP contribution >= 0.6 is 23.5 Å². The van der Waals surface area contributed by atoms with Crippen molar-refractivity contribution < 1.29 is 58.5 Å². The molecule has 8 atom stereocenters. The van der Waals surface area contributed by atoms with Crippen molar-refractivity contribution in [2.24, 2.45) is 17.6 Å². The lowest BCUT2D eigenvalue weighted by Crippen LogP contribution is -2.61. The number of hydrogen-bond donors (Lipinski definition) is 10. The summed E-state index contributed by atoms with van der Waals surface area (Å²) in [5.74, 6) is -9.59. The van der Waals surface area contributed by atoms with E-state index in [1.807, 2.05) is 0 Å². The number of carboxylic acid groups (broad SMARTS) is 3. The summed E-state index contributed by atoms with van der Waals surface area (Å²) in [4.78, 5) is 113. The molecule has 0 aliphatic carbocycles. The Labute approximate surface area is 317 Å². The van der Waals surface area contributed by atoms with Crippen LogP contribution in [-0.2, 0) is 43.2 Å². The first kappa shape index (κ1) is 48.9. The first-order valence-corrected chi connectivity index (χ1v) is 19.7. The zero-order chi connectivity index (χ0) is 41.0. The van der Waals surface area contributed by atoms with Gasteiger partial charge in [-0.1, -0.05) is 34.1 Å². The number of carboxylic acids is 3. The average molecular weight is 794 g/mol. The lowest BCUT2D eigenvalue weighted by Gasteiger charge is -2.29. The highest BCUT2D eigenvalue weighted by atomic mass is 32.2. The van der Waals surface area contributed by atoms with Gasteiger partial charge in [0, 0.05) is 0 Å². The van der Waals surface area contributed by atoms with Crippen LogP contribution in [0.4, 0.5) is 0 Å². The largest absolute Gasteiger partial charge is 0.481 e. The Morgan fingerprint density at radius 2 is 1.02 bits per heavy atom. The summed E-state index contributed by atoms with van der Waals surface area (Å²) in [6.45, 7) is 7.84. The Hall–Kier alpha value is -4.11. The highest BCUT2D eigenvalue weighted by molar-refractivity contribution is 7.98. The van der Waals surface area contributed by atoms with Crippen molar-refractivity contribution >= 4 is 76.9 Å². The topological polar surface area (TPSA) is 313 Å². The number of nitrogens with two attached hydrogens (primary N) is 1. The van der Waals surface area contributed by atoms with Gasteiger partial charge in [-0.25, -0.2) is 4.79 Å². The lowest BCUT2D eigenvalue weighted by molar-refractivity contribution is -0.143. The number of amides is 6. The number of rotatable bonds is 26. The van der Waals surface area contributed by atoms with E-state index >= 15 is 0 Å². The molecule has 0 unspecified atom stereocenters. The third kappa shape index (κ3) is 18.5. The van der Waals surface area contributed by atoms with E-state index in [9.17, 15) is 53.4 Å². The molecule has 6 amide bonds. The van der Waals surface area contributed by atoms with Gasteiger partial charge < -0.3 is 53.0 Å². The van der Waals surface area contributed by atoms with E-state index in [1.54, 1.807) is 40.2 Å². The maximum atomic E-state index is 13.6. The van der Waals surface area contributed by atoms with Gasteiger partial charge in [0.2, 0.25) is 35.4 Å². The van der Waals surface area contributed by atoms with E-state index in [2.05, 4.69) is 31.9 Å². The highest BCUT2D eigenvalue weighted by Gasteiger charge is 2.35. The summed E-state index contributed by atoms with van der Waals surface area (Å²) in [5, 5.41) is 42.5. The molecule has 0 bridgehead atoms. The van der Waals surface area contributed by atoms with Gasteiger partial charge >= 0.3 is 17.9 Å². The van der Waals surface area contributed by atoms with Gasteiger partial charge in [0.05, 0.1) is 18.9 Å². The summed E-state index contributed by atoms with van der Waals surface area (Å²) in [6.07, 6.45) is 2.47. The fourth-order valence-corrected chi connectivity index (χ4v) is 5.56. The van der Waals surface area contributed by atoms with Crippen LogP contribution in [0.3, 0.4) is 0 Å². The van der Waals surface area contributed by atoms with Crippen LogP contribution in [-0.4, -0.2) is 135 Å². The van der Waals surface area contributed by atoms with Gasteiger partial charge in [0.25, 0.3) is 0 Å². The molecule has 0 radical (unpaired) electrons. The maximum absolute atomic E-state index is 13.6. The van der Waals surface area contributed by atoms with Crippen molar-refractivity contribution in [2.45, 2.75) is 109 Å². The molecular formula is C32H55N7O12S2. The number of aliphatic carboxylic acids is 3. The SMILES string of the molecule is CC[C@H](C)[C@H](NC(=O)[C@H](C)NC(=O)[C@@H](NC(=O)[C@@H](N)CC(=O)O)C(C)C)C(=O)N[C@@H](CC(=O)O)C(=O)N[C@@H](CCSC)C(=O)N[C@@H](CCSC)C(=O)O. The monoisotopic (exact) mass is 793 g/mol. The fourth-order valence-electron chi connectivity index (χ4n) is 4.61. The molecule has 19 nitrogen and oxygen atoms in total. The second-order valence-electron chi connectivity index (χ2n) is 12.7. The Bertz CT molecular complexity index is 1310. The molecule has 53 heavy (non-hydrogen) atoms. The molecule has 0 heterocycles. The van der Waals surface area contributed by atoms with E-state index < -0.39 is 120 Å². The number of nitrogens with one attached hydrogen (secondary N) is 6. The molecule has 0 aromatic rings. The third-order valence-corrected chi connectivity index (χ3v) is 9.29. The second kappa shape index (κ2) is 25.0. The van der Waals surface area contributed by atoms with Crippen LogP contribution in [0.5, 0.6) is 0 Å². The van der Waals surface area contributed by atoms with Crippen LogP contribution in [0.25, 0.3) is 0 Å². The molecule has 0 saturated heterocycles. The minimum atomic E-state index is -1.71. The lowest BCUT2D eigenvalue weighted by atomic mass is 9.97. The maximum Gasteiger partial charge on any atom is 0.326 e. The van der Waals surface area contributed by atoms with Crippen molar-refractivity contribution in [1.29, 1.82) is 0 Å². The van der Waals surface area contributed by atoms with E-state index in [-0.39, 0.29) is 12.8 Å². The molecule has 11 N–H and O–H groups in total. The van der Waals surface area contributed by atoms with Gasteiger partial charge in [0.1, 0.15) is 36.3 Å². The molecule has 0 aliphatic heterocycles. The molecule has 21 heteroatoms. The van der Waals surface area contributed by atoms with Crippen molar-refractivity contribution in [2.75, 3.05) is 24.0 Å². The first-order chi connectivity index (χ1) is 24.7. The van der Waals surface area contributed by atoms with Crippen molar-refractivity contribution in [3.05, 3.63) is 0 Å². The van der Waals surface area contributed by atoms with Crippen molar-refractivity contribution in [3.63, 3.8) is 0 Å². The molecule has 0 fully saturated rings. The van der Waals surface area contributed by atoms with Crippen LogP contribution in [0.1, 0.15) is 66.7 Å². The van der Waals surface area contributed by atoms with Crippen LogP contribution in [0.2, 0.25) is 0 Å². The first-order valence-electron chi connectivity index (χ1n) is 16.9. The summed E-state index contributed by atoms with van der Waals surface area (Å²) in [5.41, 5.74) is 5.60. The molecular weight excluding hydrogens is 739 g/mol. The zero-order valence-electron chi connectivity index (χ0n) is 31.1. The van der Waals surface area contributed by atoms with E-state index in [1.165, 1.54) is 30.4 Å². The normalized spacial score (nSPS) is 15.6. The third-order valence-electron chi connectivity index (χ3n) is 8.00. The van der Waals surface area contributed by atoms with E-state index in [0.29, 0.717) is 17.9 Å². The fraction of sp³-hybridized carbons (Fsp3) is 0.719. The summed E-state index contributed by atoms with van der Waals surface area (Å²) in [7, 11) is 0. The highest BCUT2D eigenvalue weighted by Crippen LogP contribution is 2.11. The van der Waals surface area contributed by atoms with Crippen molar-refractivity contribution in [1.82, 2.24) is 31.9 Å². The van der Waals surface area contributed by atoms with Crippen LogP contribution in [0, 0.1) is 11.8 Å². The Balaban J connectivity index is 5.99. The summed E-state index contributed by atoms with van der Waals surface area (Å²) in [6, 6.07) is -9.43. The smallest absolute Gasteiger partial charge is 0.326 e.